The molecular formula is C18H18N2O5S. The molecule has 1 aliphatic heterocycles. The van der Waals surface area contributed by atoms with Gasteiger partial charge in [0.25, 0.3) is 5.91 Å². The quantitative estimate of drug-likeness (QED) is 0.836. The monoisotopic (exact) mass is 374 g/mol. The number of aromatic carboxylic acids is 1. The maximum absolute atomic E-state index is 12.6. The Bertz CT molecular complexity index is 950. The zero-order chi connectivity index (χ0) is 18.7. The molecule has 8 heteroatoms. The van der Waals surface area contributed by atoms with E-state index >= 15 is 0 Å². The molecule has 2 N–H and O–H groups in total. The van der Waals surface area contributed by atoms with Gasteiger partial charge in [0.05, 0.1) is 10.5 Å². The van der Waals surface area contributed by atoms with Crippen LogP contribution in [0, 0.1) is 0 Å². The van der Waals surface area contributed by atoms with E-state index in [2.05, 4.69) is 5.32 Å². The Morgan fingerprint density at radius 3 is 2.31 bits per heavy atom. The Labute approximate surface area is 151 Å². The number of rotatable bonds is 5. The summed E-state index contributed by atoms with van der Waals surface area (Å²) in [5, 5.41) is 11.6. The van der Waals surface area contributed by atoms with E-state index in [0.29, 0.717) is 18.8 Å². The van der Waals surface area contributed by atoms with Crippen molar-refractivity contribution in [1.29, 1.82) is 0 Å². The lowest BCUT2D eigenvalue weighted by atomic mass is 10.2. The summed E-state index contributed by atoms with van der Waals surface area (Å²) in [6.45, 7) is 0.974. The summed E-state index contributed by atoms with van der Waals surface area (Å²) in [4.78, 5) is 23.5. The lowest BCUT2D eigenvalue weighted by Crippen LogP contribution is -2.28. The van der Waals surface area contributed by atoms with Crippen LogP contribution in [0.3, 0.4) is 0 Å². The summed E-state index contributed by atoms with van der Waals surface area (Å²) >= 11 is 0. The Morgan fingerprint density at radius 1 is 0.962 bits per heavy atom. The molecule has 1 saturated heterocycles. The molecule has 136 valence electrons. The zero-order valence-electron chi connectivity index (χ0n) is 13.9. The highest BCUT2D eigenvalue weighted by Crippen LogP contribution is 2.22. The highest BCUT2D eigenvalue weighted by atomic mass is 32.2. The molecule has 2 aromatic carbocycles. The van der Waals surface area contributed by atoms with Crippen LogP contribution in [0.2, 0.25) is 0 Å². The van der Waals surface area contributed by atoms with Crippen LogP contribution in [0.1, 0.15) is 33.6 Å². The number of carboxylic acids is 1. The van der Waals surface area contributed by atoms with Gasteiger partial charge in [0.1, 0.15) is 0 Å². The van der Waals surface area contributed by atoms with E-state index in [-0.39, 0.29) is 16.0 Å². The minimum absolute atomic E-state index is 0.0492. The van der Waals surface area contributed by atoms with E-state index in [9.17, 15) is 18.0 Å². The standard InChI is InChI=1S/C18H18N2O5S/c21-17(19-15-7-3-6-14(11-15)18(22)23)13-5-4-8-16(12-13)26(24,25)20-9-1-2-10-20/h3-8,11-12H,1-2,9-10H2,(H,19,21)(H,22,23). The fourth-order valence-corrected chi connectivity index (χ4v) is 4.37. The summed E-state index contributed by atoms with van der Waals surface area (Å²) in [7, 11) is -3.61. The number of benzene rings is 2. The Morgan fingerprint density at radius 2 is 1.62 bits per heavy atom. The van der Waals surface area contributed by atoms with Gasteiger partial charge in [-0.15, -0.1) is 0 Å². The van der Waals surface area contributed by atoms with Crippen LogP contribution in [-0.2, 0) is 10.0 Å². The molecule has 1 aliphatic rings. The molecule has 2 aromatic rings. The zero-order valence-corrected chi connectivity index (χ0v) is 14.7. The Kier molecular flexibility index (Phi) is 5.06. The topological polar surface area (TPSA) is 104 Å². The van der Waals surface area contributed by atoms with Gasteiger partial charge in [-0.3, -0.25) is 4.79 Å². The number of nitrogens with zero attached hydrogens (tertiary/aromatic N) is 1. The highest BCUT2D eigenvalue weighted by Gasteiger charge is 2.27. The van der Waals surface area contributed by atoms with Gasteiger partial charge >= 0.3 is 5.97 Å². The summed E-state index contributed by atoms with van der Waals surface area (Å²) in [6, 6.07) is 11.7. The average Bonchev–Trinajstić information content (AvgIpc) is 3.17. The van der Waals surface area contributed by atoms with Gasteiger partial charge < -0.3 is 10.4 Å². The fourth-order valence-electron chi connectivity index (χ4n) is 2.81. The van der Waals surface area contributed by atoms with Crippen molar-refractivity contribution in [2.45, 2.75) is 17.7 Å². The van der Waals surface area contributed by atoms with E-state index in [1.165, 1.54) is 46.8 Å². The molecule has 0 radical (unpaired) electrons. The predicted octanol–water partition coefficient (Wildman–Crippen LogP) is 2.42. The molecule has 0 bridgehead atoms. The van der Waals surface area contributed by atoms with Crippen molar-refractivity contribution in [3.63, 3.8) is 0 Å². The minimum atomic E-state index is -3.61. The lowest BCUT2D eigenvalue weighted by molar-refractivity contribution is 0.0696. The van der Waals surface area contributed by atoms with Crippen LogP contribution in [0.15, 0.2) is 53.4 Å². The molecule has 0 aliphatic carbocycles. The molecule has 3 rings (SSSR count). The number of hydrogen-bond acceptors (Lipinski definition) is 4. The third-order valence-corrected chi connectivity index (χ3v) is 6.06. The number of nitrogens with one attached hydrogen (secondary N) is 1. The third-order valence-electron chi connectivity index (χ3n) is 4.17. The van der Waals surface area contributed by atoms with E-state index in [1.54, 1.807) is 6.07 Å². The molecule has 0 atom stereocenters. The predicted molar refractivity (Wildman–Crippen MR) is 95.8 cm³/mol. The fraction of sp³-hybridized carbons (Fsp3) is 0.222. The van der Waals surface area contributed by atoms with Crippen LogP contribution in [-0.4, -0.2) is 42.8 Å². The maximum atomic E-state index is 12.6. The highest BCUT2D eigenvalue weighted by molar-refractivity contribution is 7.89. The summed E-state index contributed by atoms with van der Waals surface area (Å²) in [5.41, 5.74) is 0.557. The first-order valence-corrected chi connectivity index (χ1v) is 9.57. The lowest BCUT2D eigenvalue weighted by Gasteiger charge is -2.16. The SMILES string of the molecule is O=C(O)c1cccc(NC(=O)c2cccc(S(=O)(=O)N3CCCC3)c2)c1. The second kappa shape index (κ2) is 7.27. The number of carboxylic acid groups (broad SMARTS) is 1. The number of amides is 1. The molecule has 0 aromatic heterocycles. The summed E-state index contributed by atoms with van der Waals surface area (Å²) in [5.74, 6) is -1.61. The number of carbonyl (C=O) groups excluding carboxylic acids is 1. The van der Waals surface area contributed by atoms with E-state index in [1.807, 2.05) is 0 Å². The third kappa shape index (κ3) is 3.76. The van der Waals surface area contributed by atoms with Crippen LogP contribution in [0.4, 0.5) is 5.69 Å². The van der Waals surface area contributed by atoms with Crippen molar-refractivity contribution in [2.24, 2.45) is 0 Å². The van der Waals surface area contributed by atoms with Gasteiger partial charge in [-0.2, -0.15) is 4.31 Å². The first-order chi connectivity index (χ1) is 12.4. The molecule has 1 fully saturated rings. The van der Waals surface area contributed by atoms with Crippen molar-refractivity contribution in [2.75, 3.05) is 18.4 Å². The van der Waals surface area contributed by atoms with Crippen molar-refractivity contribution in [3.05, 3.63) is 59.7 Å². The van der Waals surface area contributed by atoms with Crippen LogP contribution >= 0.6 is 0 Å². The first-order valence-electron chi connectivity index (χ1n) is 8.13. The average molecular weight is 374 g/mol. The maximum Gasteiger partial charge on any atom is 0.335 e. The Balaban J connectivity index is 1.82. The van der Waals surface area contributed by atoms with Crippen molar-refractivity contribution in [3.8, 4) is 0 Å². The second-order valence-electron chi connectivity index (χ2n) is 5.98. The molecule has 1 heterocycles. The molecule has 0 spiro atoms. The van der Waals surface area contributed by atoms with Crippen molar-refractivity contribution < 1.29 is 23.1 Å². The largest absolute Gasteiger partial charge is 0.478 e. The summed E-state index contributed by atoms with van der Waals surface area (Å²) < 4.78 is 26.6. The van der Waals surface area contributed by atoms with Crippen molar-refractivity contribution in [1.82, 2.24) is 4.31 Å². The molecule has 7 nitrogen and oxygen atoms in total. The van der Waals surface area contributed by atoms with Crippen molar-refractivity contribution >= 4 is 27.6 Å². The van der Waals surface area contributed by atoms with Gasteiger partial charge in [-0.1, -0.05) is 12.1 Å². The van der Waals surface area contributed by atoms with Crippen LogP contribution in [0.5, 0.6) is 0 Å². The first kappa shape index (κ1) is 18.1. The van der Waals surface area contributed by atoms with E-state index in [0.717, 1.165) is 12.8 Å². The number of anilines is 1. The number of carbonyl (C=O) groups is 2. The normalized spacial score (nSPS) is 14.9. The van der Waals surface area contributed by atoms with Gasteiger partial charge in [0.15, 0.2) is 0 Å². The molecule has 1 amide bonds. The molecular weight excluding hydrogens is 356 g/mol. The smallest absolute Gasteiger partial charge is 0.335 e. The number of sulfonamides is 1. The van der Waals surface area contributed by atoms with E-state index < -0.39 is 21.9 Å². The van der Waals surface area contributed by atoms with Gasteiger partial charge in [0, 0.05) is 24.3 Å². The Hall–Kier alpha value is -2.71. The molecule has 26 heavy (non-hydrogen) atoms. The second-order valence-corrected chi connectivity index (χ2v) is 7.92. The molecule has 0 unspecified atom stereocenters. The molecule has 0 saturated carbocycles. The minimum Gasteiger partial charge on any atom is -0.478 e. The van der Waals surface area contributed by atoms with Gasteiger partial charge in [-0.05, 0) is 49.2 Å². The van der Waals surface area contributed by atoms with E-state index in [4.69, 9.17) is 5.11 Å². The van der Waals surface area contributed by atoms with Crippen LogP contribution < -0.4 is 5.32 Å². The summed E-state index contributed by atoms with van der Waals surface area (Å²) in [6.07, 6.45) is 1.67. The van der Waals surface area contributed by atoms with Gasteiger partial charge in [0.2, 0.25) is 10.0 Å². The number of hydrogen-bond donors (Lipinski definition) is 2. The van der Waals surface area contributed by atoms with Crippen LogP contribution in [0.25, 0.3) is 0 Å². The van der Waals surface area contributed by atoms with Gasteiger partial charge in [-0.25, -0.2) is 13.2 Å².